The second-order valence-electron chi connectivity index (χ2n) is 6.34. The quantitative estimate of drug-likeness (QED) is 0.671. The van der Waals surface area contributed by atoms with Crippen LogP contribution in [0.15, 0.2) is 36.5 Å². The lowest BCUT2D eigenvalue weighted by molar-refractivity contribution is 0.187. The summed E-state index contributed by atoms with van der Waals surface area (Å²) in [6.45, 7) is 1.31. The second kappa shape index (κ2) is 6.62. The molecular formula is C18H18FN5O2. The molecule has 1 aliphatic heterocycles. The Balaban J connectivity index is 1.58. The Morgan fingerprint density at radius 2 is 2.08 bits per heavy atom. The molecular weight excluding hydrogens is 337 g/mol. The van der Waals surface area contributed by atoms with Gasteiger partial charge in [-0.1, -0.05) is 12.1 Å². The van der Waals surface area contributed by atoms with Crippen molar-refractivity contribution in [1.82, 2.24) is 20.3 Å². The molecule has 3 heterocycles. The number of hydrogen-bond acceptors (Lipinski definition) is 4. The number of aromatic nitrogens is 3. The van der Waals surface area contributed by atoms with E-state index in [1.54, 1.807) is 6.07 Å². The summed E-state index contributed by atoms with van der Waals surface area (Å²) in [6.07, 6.45) is 1.58. The number of H-pyrrole nitrogens is 1. The molecule has 2 aromatic heterocycles. The number of piperidine rings is 1. The van der Waals surface area contributed by atoms with E-state index in [1.807, 2.05) is 29.2 Å². The number of hydrogen-bond donors (Lipinski definition) is 3. The Morgan fingerprint density at radius 3 is 2.81 bits per heavy atom. The minimum Gasteiger partial charge on any atom is -0.465 e. The first kappa shape index (κ1) is 16.3. The lowest BCUT2D eigenvalue weighted by atomic mass is 10.1. The molecule has 7 nitrogen and oxygen atoms in total. The van der Waals surface area contributed by atoms with Crippen molar-refractivity contribution < 1.29 is 14.3 Å². The molecule has 1 aromatic carbocycles. The highest BCUT2D eigenvalue weighted by Crippen LogP contribution is 2.27. The molecule has 0 radical (unpaired) electrons. The number of aromatic amines is 1. The molecule has 1 aliphatic rings. The number of anilines is 1. The normalized spacial score (nSPS) is 15.3. The maximum atomic E-state index is 14.3. The van der Waals surface area contributed by atoms with E-state index in [2.05, 4.69) is 20.3 Å². The Morgan fingerprint density at radius 1 is 1.31 bits per heavy atom. The van der Waals surface area contributed by atoms with E-state index in [4.69, 9.17) is 5.11 Å². The number of nitrogens with zero attached hydrogens (tertiary/aromatic N) is 3. The molecule has 0 aliphatic carbocycles. The van der Waals surface area contributed by atoms with E-state index >= 15 is 0 Å². The van der Waals surface area contributed by atoms with Gasteiger partial charge in [-0.15, -0.1) is 0 Å². The van der Waals surface area contributed by atoms with Crippen LogP contribution in [-0.4, -0.2) is 45.3 Å². The zero-order valence-corrected chi connectivity index (χ0v) is 13.9. The number of pyridine rings is 1. The van der Waals surface area contributed by atoms with Crippen molar-refractivity contribution in [2.45, 2.75) is 18.9 Å². The van der Waals surface area contributed by atoms with Crippen molar-refractivity contribution >= 4 is 22.9 Å². The Bertz CT molecular complexity index is 917. The summed E-state index contributed by atoms with van der Waals surface area (Å²) in [5.41, 5.74) is 2.00. The van der Waals surface area contributed by atoms with Crippen LogP contribution in [0.5, 0.6) is 0 Å². The Kier molecular flexibility index (Phi) is 4.16. The number of para-hydroxylation sites is 2. The van der Waals surface area contributed by atoms with Crippen LogP contribution in [0.25, 0.3) is 22.4 Å². The molecule has 0 saturated carbocycles. The molecule has 3 N–H and O–H groups in total. The average molecular weight is 355 g/mol. The fraction of sp³-hybridized carbons (Fsp3) is 0.278. The van der Waals surface area contributed by atoms with E-state index in [0.29, 0.717) is 43.1 Å². The smallest absolute Gasteiger partial charge is 0.404 e. The van der Waals surface area contributed by atoms with Crippen molar-refractivity contribution in [3.8, 4) is 11.4 Å². The summed E-state index contributed by atoms with van der Waals surface area (Å²) < 4.78 is 14.3. The summed E-state index contributed by atoms with van der Waals surface area (Å²) in [5.74, 6) is 0.695. The first-order valence-corrected chi connectivity index (χ1v) is 8.45. The molecule has 1 fully saturated rings. The third-order valence-corrected chi connectivity index (χ3v) is 4.63. The van der Waals surface area contributed by atoms with Crippen LogP contribution in [0.3, 0.4) is 0 Å². The number of imidazole rings is 1. The van der Waals surface area contributed by atoms with Gasteiger partial charge in [-0.2, -0.15) is 0 Å². The van der Waals surface area contributed by atoms with Crippen LogP contribution in [0, 0.1) is 5.82 Å². The molecule has 1 amide bonds. The number of halogens is 1. The van der Waals surface area contributed by atoms with Crippen LogP contribution in [0.1, 0.15) is 12.8 Å². The van der Waals surface area contributed by atoms with Crippen molar-refractivity contribution in [1.29, 1.82) is 0 Å². The fourth-order valence-corrected chi connectivity index (χ4v) is 3.29. The van der Waals surface area contributed by atoms with Gasteiger partial charge in [0, 0.05) is 19.1 Å². The van der Waals surface area contributed by atoms with Gasteiger partial charge in [0.25, 0.3) is 0 Å². The second-order valence-corrected chi connectivity index (χ2v) is 6.34. The van der Waals surface area contributed by atoms with E-state index in [9.17, 15) is 9.18 Å². The number of fused-ring (bicyclic) bond motifs is 1. The van der Waals surface area contributed by atoms with Crippen molar-refractivity contribution in [3.63, 3.8) is 0 Å². The first-order valence-electron chi connectivity index (χ1n) is 8.45. The largest absolute Gasteiger partial charge is 0.465 e. The zero-order valence-electron chi connectivity index (χ0n) is 13.9. The van der Waals surface area contributed by atoms with Crippen LogP contribution >= 0.6 is 0 Å². The summed E-state index contributed by atoms with van der Waals surface area (Å²) >= 11 is 0. The van der Waals surface area contributed by atoms with Crippen molar-refractivity contribution in [2.75, 3.05) is 18.0 Å². The summed E-state index contributed by atoms with van der Waals surface area (Å²) in [6, 6.07) is 9.18. The number of carbonyl (C=O) groups is 1. The van der Waals surface area contributed by atoms with Crippen LogP contribution in [0.2, 0.25) is 0 Å². The lowest BCUT2D eigenvalue weighted by Crippen LogP contribution is -2.44. The highest BCUT2D eigenvalue weighted by molar-refractivity contribution is 5.79. The van der Waals surface area contributed by atoms with Gasteiger partial charge in [-0.25, -0.2) is 19.2 Å². The number of benzene rings is 1. The fourth-order valence-electron chi connectivity index (χ4n) is 3.29. The molecule has 8 heteroatoms. The molecule has 0 bridgehead atoms. The summed E-state index contributed by atoms with van der Waals surface area (Å²) in [4.78, 5) is 24.6. The average Bonchev–Trinajstić information content (AvgIpc) is 3.06. The third-order valence-electron chi connectivity index (χ3n) is 4.63. The first-order chi connectivity index (χ1) is 12.6. The maximum absolute atomic E-state index is 14.3. The topological polar surface area (TPSA) is 94.1 Å². The third kappa shape index (κ3) is 3.17. The molecule has 1 saturated heterocycles. The summed E-state index contributed by atoms with van der Waals surface area (Å²) in [5, 5.41) is 11.3. The number of carboxylic acid groups (broad SMARTS) is 1. The van der Waals surface area contributed by atoms with Gasteiger partial charge < -0.3 is 20.3 Å². The van der Waals surface area contributed by atoms with Crippen molar-refractivity contribution in [2.24, 2.45) is 0 Å². The Labute approximate surface area is 148 Å². The maximum Gasteiger partial charge on any atom is 0.404 e. The molecule has 3 aromatic rings. The predicted octanol–water partition coefficient (Wildman–Crippen LogP) is 3.00. The number of amides is 1. The van der Waals surface area contributed by atoms with Gasteiger partial charge in [0.05, 0.1) is 22.8 Å². The minimum absolute atomic E-state index is 0.0564. The van der Waals surface area contributed by atoms with E-state index in [1.165, 1.54) is 6.20 Å². The highest BCUT2D eigenvalue weighted by atomic mass is 19.1. The zero-order chi connectivity index (χ0) is 18.1. The van der Waals surface area contributed by atoms with Gasteiger partial charge in [-0.05, 0) is 31.0 Å². The van der Waals surface area contributed by atoms with Crippen molar-refractivity contribution in [3.05, 3.63) is 42.3 Å². The van der Waals surface area contributed by atoms with Gasteiger partial charge >= 0.3 is 6.09 Å². The summed E-state index contributed by atoms with van der Waals surface area (Å²) in [7, 11) is 0. The van der Waals surface area contributed by atoms with Crippen LogP contribution < -0.4 is 10.2 Å². The van der Waals surface area contributed by atoms with Gasteiger partial charge in [0.1, 0.15) is 11.6 Å². The van der Waals surface area contributed by atoms with Gasteiger partial charge in [0.15, 0.2) is 5.82 Å². The Hall–Kier alpha value is -3.16. The standard InChI is InChI=1S/C18H18FN5O2/c19-13-10-20-16(24-7-5-11(6-8-24)21-18(25)26)9-12(13)17-22-14-3-1-2-4-15(14)23-17/h1-4,9-11,21H,5-8H2,(H,22,23)(H,25,26). The van der Waals surface area contributed by atoms with Gasteiger partial charge in [-0.3, -0.25) is 0 Å². The van der Waals surface area contributed by atoms with Crippen LogP contribution in [-0.2, 0) is 0 Å². The van der Waals surface area contributed by atoms with E-state index in [-0.39, 0.29) is 6.04 Å². The molecule has 26 heavy (non-hydrogen) atoms. The molecule has 0 spiro atoms. The van der Waals surface area contributed by atoms with E-state index < -0.39 is 11.9 Å². The predicted molar refractivity (Wildman–Crippen MR) is 95.7 cm³/mol. The molecule has 0 atom stereocenters. The van der Waals surface area contributed by atoms with E-state index in [0.717, 1.165) is 11.0 Å². The number of rotatable bonds is 3. The molecule has 0 unspecified atom stereocenters. The monoisotopic (exact) mass is 355 g/mol. The molecule has 4 rings (SSSR count). The minimum atomic E-state index is -1.00. The van der Waals surface area contributed by atoms with Gasteiger partial charge in [0.2, 0.25) is 0 Å². The number of nitrogens with one attached hydrogen (secondary N) is 2. The highest BCUT2D eigenvalue weighted by Gasteiger charge is 2.22. The SMILES string of the molecule is O=C(O)NC1CCN(c2cc(-c3nc4ccccc4[nH]3)c(F)cn2)CC1. The van der Waals surface area contributed by atoms with Crippen LogP contribution in [0.4, 0.5) is 15.0 Å². The lowest BCUT2D eigenvalue weighted by Gasteiger charge is -2.32. The molecule has 134 valence electrons.